The standard InChI is InChI=1S/C13H20F3NO2/c14-13(15,16)11-3-1-2-8-17(11)12(19)9-4-6-10(18)7-5-9/h9-11,18H,1-8H2. The SMILES string of the molecule is O=C(C1CCC(O)CC1)N1CCCCC1C(F)(F)F. The van der Waals surface area contributed by atoms with Crippen molar-refractivity contribution in [3.63, 3.8) is 0 Å². The Morgan fingerprint density at radius 1 is 1.05 bits per heavy atom. The molecule has 1 N–H and O–H groups in total. The Balaban J connectivity index is 2.03. The molecule has 1 unspecified atom stereocenters. The van der Waals surface area contributed by atoms with Crippen LogP contribution in [0.4, 0.5) is 13.2 Å². The van der Waals surface area contributed by atoms with Gasteiger partial charge in [-0.1, -0.05) is 0 Å². The Morgan fingerprint density at radius 3 is 2.26 bits per heavy atom. The van der Waals surface area contributed by atoms with Crippen LogP contribution >= 0.6 is 0 Å². The van der Waals surface area contributed by atoms with E-state index in [2.05, 4.69) is 0 Å². The summed E-state index contributed by atoms with van der Waals surface area (Å²) in [6.07, 6.45) is -1.51. The van der Waals surface area contributed by atoms with Crippen molar-refractivity contribution in [3.05, 3.63) is 0 Å². The van der Waals surface area contributed by atoms with Gasteiger partial charge in [-0.3, -0.25) is 4.79 Å². The maximum absolute atomic E-state index is 12.9. The lowest BCUT2D eigenvalue weighted by Gasteiger charge is -2.39. The average molecular weight is 279 g/mol. The van der Waals surface area contributed by atoms with Gasteiger partial charge >= 0.3 is 6.18 Å². The molecular weight excluding hydrogens is 259 g/mol. The van der Waals surface area contributed by atoms with Gasteiger partial charge in [-0.2, -0.15) is 13.2 Å². The first-order valence-corrected chi connectivity index (χ1v) is 6.95. The van der Waals surface area contributed by atoms with Crippen LogP contribution in [0, 0.1) is 5.92 Å². The van der Waals surface area contributed by atoms with Gasteiger partial charge in [0.25, 0.3) is 0 Å². The van der Waals surface area contributed by atoms with Crippen LogP contribution in [0.25, 0.3) is 0 Å². The summed E-state index contributed by atoms with van der Waals surface area (Å²) in [5, 5.41) is 9.40. The van der Waals surface area contributed by atoms with E-state index in [9.17, 15) is 23.1 Å². The van der Waals surface area contributed by atoms with Crippen molar-refractivity contribution in [1.82, 2.24) is 4.90 Å². The maximum atomic E-state index is 12.9. The number of piperidine rings is 1. The number of rotatable bonds is 1. The molecule has 2 fully saturated rings. The van der Waals surface area contributed by atoms with Crippen LogP contribution < -0.4 is 0 Å². The first-order chi connectivity index (χ1) is 8.89. The molecule has 1 atom stereocenters. The fraction of sp³-hybridized carbons (Fsp3) is 0.923. The zero-order chi connectivity index (χ0) is 14.0. The van der Waals surface area contributed by atoms with E-state index >= 15 is 0 Å². The summed E-state index contributed by atoms with van der Waals surface area (Å²) in [6.45, 7) is 0.210. The van der Waals surface area contributed by atoms with Gasteiger partial charge in [-0.15, -0.1) is 0 Å². The largest absolute Gasteiger partial charge is 0.408 e. The summed E-state index contributed by atoms with van der Waals surface area (Å²) in [7, 11) is 0. The van der Waals surface area contributed by atoms with Crippen molar-refractivity contribution in [3.8, 4) is 0 Å². The number of hydrogen-bond donors (Lipinski definition) is 1. The summed E-state index contributed by atoms with van der Waals surface area (Å²) >= 11 is 0. The van der Waals surface area contributed by atoms with E-state index in [1.165, 1.54) is 0 Å². The second-order valence-corrected chi connectivity index (χ2v) is 5.59. The third-order valence-electron chi connectivity index (χ3n) is 4.21. The molecule has 0 radical (unpaired) electrons. The third-order valence-corrected chi connectivity index (χ3v) is 4.21. The summed E-state index contributed by atoms with van der Waals surface area (Å²) in [6, 6.07) is -1.61. The van der Waals surface area contributed by atoms with Gasteiger partial charge < -0.3 is 10.0 Å². The van der Waals surface area contributed by atoms with Crippen LogP contribution in [0.3, 0.4) is 0 Å². The molecule has 19 heavy (non-hydrogen) atoms. The van der Waals surface area contributed by atoms with Gasteiger partial charge in [0, 0.05) is 12.5 Å². The quantitative estimate of drug-likeness (QED) is 0.801. The van der Waals surface area contributed by atoms with E-state index in [-0.39, 0.29) is 24.8 Å². The number of alkyl halides is 3. The lowest BCUT2D eigenvalue weighted by atomic mass is 9.85. The zero-order valence-electron chi connectivity index (χ0n) is 10.8. The molecule has 1 amide bonds. The third kappa shape index (κ3) is 3.41. The number of hydrogen-bond acceptors (Lipinski definition) is 2. The van der Waals surface area contributed by atoms with Crippen LogP contribution in [0.1, 0.15) is 44.9 Å². The molecule has 2 rings (SSSR count). The van der Waals surface area contributed by atoms with E-state index in [1.807, 2.05) is 0 Å². The Morgan fingerprint density at radius 2 is 1.68 bits per heavy atom. The molecule has 1 heterocycles. The predicted octanol–water partition coefficient (Wildman–Crippen LogP) is 2.48. The highest BCUT2D eigenvalue weighted by atomic mass is 19.4. The summed E-state index contributed by atoms with van der Waals surface area (Å²) in [4.78, 5) is 13.3. The number of halogens is 3. The molecule has 1 aliphatic carbocycles. The minimum Gasteiger partial charge on any atom is -0.393 e. The van der Waals surface area contributed by atoms with Gasteiger partial charge in [0.15, 0.2) is 0 Å². The van der Waals surface area contributed by atoms with E-state index in [0.29, 0.717) is 38.5 Å². The highest BCUT2D eigenvalue weighted by molar-refractivity contribution is 5.79. The first-order valence-electron chi connectivity index (χ1n) is 6.95. The van der Waals surface area contributed by atoms with E-state index in [1.54, 1.807) is 0 Å². The number of carbonyl (C=O) groups excluding carboxylic acids is 1. The topological polar surface area (TPSA) is 40.5 Å². The number of carbonyl (C=O) groups is 1. The average Bonchev–Trinajstić information content (AvgIpc) is 2.38. The molecule has 1 saturated carbocycles. The number of likely N-dealkylation sites (tertiary alicyclic amines) is 1. The monoisotopic (exact) mass is 279 g/mol. The highest BCUT2D eigenvalue weighted by Crippen LogP contribution is 2.35. The van der Waals surface area contributed by atoms with Gasteiger partial charge in [0.2, 0.25) is 5.91 Å². The van der Waals surface area contributed by atoms with Crippen molar-refractivity contribution in [2.75, 3.05) is 6.54 Å². The molecule has 2 aliphatic rings. The second-order valence-electron chi connectivity index (χ2n) is 5.59. The molecule has 0 aromatic heterocycles. The highest BCUT2D eigenvalue weighted by Gasteiger charge is 2.47. The summed E-state index contributed by atoms with van der Waals surface area (Å²) in [5.74, 6) is -0.708. The van der Waals surface area contributed by atoms with E-state index in [4.69, 9.17) is 0 Å². The second kappa shape index (κ2) is 5.69. The molecule has 0 bridgehead atoms. The molecule has 110 valence electrons. The molecule has 1 saturated heterocycles. The lowest BCUT2D eigenvalue weighted by Crippen LogP contribution is -2.53. The molecule has 0 spiro atoms. The van der Waals surface area contributed by atoms with Crippen molar-refractivity contribution in [2.45, 2.75) is 63.3 Å². The number of aliphatic hydroxyl groups is 1. The van der Waals surface area contributed by atoms with Gasteiger partial charge in [-0.25, -0.2) is 0 Å². The molecule has 3 nitrogen and oxygen atoms in total. The molecule has 6 heteroatoms. The molecular formula is C13H20F3NO2. The summed E-state index contributed by atoms with van der Waals surface area (Å²) in [5.41, 5.74) is 0. The Labute approximate surface area is 110 Å². The fourth-order valence-corrected chi connectivity index (χ4v) is 3.09. The van der Waals surface area contributed by atoms with E-state index < -0.39 is 18.3 Å². The zero-order valence-corrected chi connectivity index (χ0v) is 10.8. The minimum atomic E-state index is -4.33. The first kappa shape index (κ1) is 14.6. The van der Waals surface area contributed by atoms with Crippen LogP contribution in [0.5, 0.6) is 0 Å². The lowest BCUT2D eigenvalue weighted by molar-refractivity contribution is -0.198. The normalized spacial score (nSPS) is 33.3. The molecule has 1 aliphatic heterocycles. The van der Waals surface area contributed by atoms with Crippen molar-refractivity contribution < 1.29 is 23.1 Å². The Hall–Kier alpha value is -0.780. The van der Waals surface area contributed by atoms with Gasteiger partial charge in [-0.05, 0) is 44.9 Å². The van der Waals surface area contributed by atoms with Gasteiger partial charge in [0.05, 0.1) is 6.10 Å². The molecule has 0 aromatic carbocycles. The van der Waals surface area contributed by atoms with Gasteiger partial charge in [0.1, 0.15) is 6.04 Å². The van der Waals surface area contributed by atoms with Crippen LogP contribution in [-0.2, 0) is 4.79 Å². The predicted molar refractivity (Wildman–Crippen MR) is 63.4 cm³/mol. The Bertz CT molecular complexity index is 324. The van der Waals surface area contributed by atoms with E-state index in [0.717, 1.165) is 4.90 Å². The van der Waals surface area contributed by atoms with Crippen molar-refractivity contribution >= 4 is 5.91 Å². The maximum Gasteiger partial charge on any atom is 0.408 e. The van der Waals surface area contributed by atoms with Crippen LogP contribution in [-0.4, -0.2) is 40.8 Å². The minimum absolute atomic E-state index is 0.0184. The van der Waals surface area contributed by atoms with Crippen molar-refractivity contribution in [2.24, 2.45) is 5.92 Å². The molecule has 0 aromatic rings. The number of amides is 1. The van der Waals surface area contributed by atoms with Crippen molar-refractivity contribution in [1.29, 1.82) is 0 Å². The van der Waals surface area contributed by atoms with Crippen LogP contribution in [0.2, 0.25) is 0 Å². The summed E-state index contributed by atoms with van der Waals surface area (Å²) < 4.78 is 38.8. The fourth-order valence-electron chi connectivity index (χ4n) is 3.09. The smallest absolute Gasteiger partial charge is 0.393 e. The number of nitrogens with zero attached hydrogens (tertiary/aromatic N) is 1. The number of aliphatic hydroxyl groups excluding tert-OH is 1. The van der Waals surface area contributed by atoms with Crippen LogP contribution in [0.15, 0.2) is 0 Å². The Kier molecular flexibility index (Phi) is 4.38.